The Labute approximate surface area is 105 Å². The lowest BCUT2D eigenvalue weighted by Gasteiger charge is -2.20. The van der Waals surface area contributed by atoms with Crippen molar-refractivity contribution in [2.24, 2.45) is 0 Å². The molecule has 92 valence electrons. The van der Waals surface area contributed by atoms with Gasteiger partial charge < -0.3 is 14.8 Å². The zero-order valence-corrected chi connectivity index (χ0v) is 10.3. The Kier molecular flexibility index (Phi) is 3.74. The van der Waals surface area contributed by atoms with Gasteiger partial charge in [-0.3, -0.25) is 4.79 Å². The van der Waals surface area contributed by atoms with Crippen LogP contribution in [0.4, 0.5) is 0 Å². The Bertz CT molecular complexity index is 434. The molecule has 1 aromatic rings. The summed E-state index contributed by atoms with van der Waals surface area (Å²) in [6.07, 6.45) is 0.893. The van der Waals surface area contributed by atoms with Crippen molar-refractivity contribution in [2.45, 2.75) is 13.3 Å². The monoisotopic (exact) mass is 255 g/mol. The van der Waals surface area contributed by atoms with Crippen LogP contribution in [0.1, 0.15) is 23.7 Å². The van der Waals surface area contributed by atoms with Gasteiger partial charge in [0.2, 0.25) is 0 Å². The summed E-state index contributed by atoms with van der Waals surface area (Å²) in [5, 5.41) is 3.20. The molecule has 1 heterocycles. The zero-order valence-electron chi connectivity index (χ0n) is 9.59. The molecule has 1 aliphatic rings. The summed E-state index contributed by atoms with van der Waals surface area (Å²) in [5.41, 5.74) is 0.493. The molecule has 4 nitrogen and oxygen atoms in total. The second-order valence-electron chi connectivity index (χ2n) is 3.74. The molecule has 0 bridgehead atoms. The molecule has 0 fully saturated rings. The minimum absolute atomic E-state index is 0.147. The van der Waals surface area contributed by atoms with E-state index in [1.54, 1.807) is 12.1 Å². The number of amides is 1. The van der Waals surface area contributed by atoms with Crippen LogP contribution in [0.3, 0.4) is 0 Å². The molecule has 0 unspecified atom stereocenters. The Morgan fingerprint density at radius 3 is 2.94 bits per heavy atom. The van der Waals surface area contributed by atoms with Crippen molar-refractivity contribution in [2.75, 3.05) is 19.8 Å². The molecule has 1 aliphatic heterocycles. The predicted molar refractivity (Wildman–Crippen MR) is 65.1 cm³/mol. The molecule has 17 heavy (non-hydrogen) atoms. The van der Waals surface area contributed by atoms with Crippen molar-refractivity contribution < 1.29 is 14.3 Å². The Morgan fingerprint density at radius 2 is 2.18 bits per heavy atom. The largest absolute Gasteiger partial charge is 0.486 e. The summed E-state index contributed by atoms with van der Waals surface area (Å²) in [5.74, 6) is 0.904. The number of halogens is 1. The zero-order chi connectivity index (χ0) is 12.3. The van der Waals surface area contributed by atoms with Crippen LogP contribution in [0.15, 0.2) is 12.1 Å². The van der Waals surface area contributed by atoms with Crippen molar-refractivity contribution in [3.05, 3.63) is 22.7 Å². The molecule has 0 aliphatic carbocycles. The SMILES string of the molecule is CCCNC(=O)c1cc(Cl)c2c(c1)OCCO2. The van der Waals surface area contributed by atoms with E-state index in [0.29, 0.717) is 41.8 Å². The van der Waals surface area contributed by atoms with Gasteiger partial charge in [0.25, 0.3) is 5.91 Å². The number of hydrogen-bond acceptors (Lipinski definition) is 3. The molecule has 0 saturated carbocycles. The van der Waals surface area contributed by atoms with Gasteiger partial charge in [0, 0.05) is 12.1 Å². The van der Waals surface area contributed by atoms with Crippen LogP contribution in [-0.2, 0) is 0 Å². The van der Waals surface area contributed by atoms with Gasteiger partial charge in [-0.25, -0.2) is 0 Å². The Balaban J connectivity index is 2.24. The highest BCUT2D eigenvalue weighted by Gasteiger charge is 2.18. The quantitative estimate of drug-likeness (QED) is 0.901. The number of ether oxygens (including phenoxy) is 2. The lowest BCUT2D eigenvalue weighted by atomic mass is 10.1. The maximum Gasteiger partial charge on any atom is 0.251 e. The number of nitrogens with one attached hydrogen (secondary N) is 1. The summed E-state index contributed by atoms with van der Waals surface area (Å²) in [4.78, 5) is 11.8. The number of fused-ring (bicyclic) bond motifs is 1. The highest BCUT2D eigenvalue weighted by atomic mass is 35.5. The van der Waals surface area contributed by atoms with Gasteiger partial charge in [0.15, 0.2) is 11.5 Å². The van der Waals surface area contributed by atoms with E-state index in [1.807, 2.05) is 6.92 Å². The summed E-state index contributed by atoms with van der Waals surface area (Å²) < 4.78 is 10.8. The molecule has 0 saturated heterocycles. The molecular weight excluding hydrogens is 242 g/mol. The van der Waals surface area contributed by atoms with Crippen LogP contribution < -0.4 is 14.8 Å². The third kappa shape index (κ3) is 2.64. The fourth-order valence-corrected chi connectivity index (χ4v) is 1.85. The van der Waals surface area contributed by atoms with E-state index in [2.05, 4.69) is 5.32 Å². The summed E-state index contributed by atoms with van der Waals surface area (Å²) >= 11 is 6.04. The summed E-state index contributed by atoms with van der Waals surface area (Å²) in [7, 11) is 0. The maximum absolute atomic E-state index is 11.8. The van der Waals surface area contributed by atoms with E-state index in [0.717, 1.165) is 6.42 Å². The summed E-state index contributed by atoms with van der Waals surface area (Å²) in [6.45, 7) is 3.60. The molecule has 0 radical (unpaired) electrons. The minimum Gasteiger partial charge on any atom is -0.486 e. The average molecular weight is 256 g/mol. The van der Waals surface area contributed by atoms with E-state index >= 15 is 0 Å². The highest BCUT2D eigenvalue weighted by Crippen LogP contribution is 2.38. The summed E-state index contributed by atoms with van der Waals surface area (Å²) in [6, 6.07) is 3.26. The second kappa shape index (κ2) is 5.27. The van der Waals surface area contributed by atoms with Crippen molar-refractivity contribution in [1.29, 1.82) is 0 Å². The average Bonchev–Trinajstić information content (AvgIpc) is 2.36. The first-order valence-electron chi connectivity index (χ1n) is 5.59. The molecule has 2 rings (SSSR count). The standard InChI is InChI=1S/C12H14ClNO3/c1-2-3-14-12(15)8-6-9(13)11-10(7-8)16-4-5-17-11/h6-7H,2-5H2,1H3,(H,14,15). The number of benzene rings is 1. The topological polar surface area (TPSA) is 47.6 Å². The smallest absolute Gasteiger partial charge is 0.251 e. The predicted octanol–water partition coefficient (Wildman–Crippen LogP) is 2.25. The second-order valence-corrected chi connectivity index (χ2v) is 4.15. The normalized spacial score (nSPS) is 13.3. The fraction of sp³-hybridized carbons (Fsp3) is 0.417. The molecular formula is C12H14ClNO3. The maximum atomic E-state index is 11.8. The first-order chi connectivity index (χ1) is 8.22. The van der Waals surface area contributed by atoms with E-state index in [-0.39, 0.29) is 5.91 Å². The van der Waals surface area contributed by atoms with E-state index in [4.69, 9.17) is 21.1 Å². The fourth-order valence-electron chi connectivity index (χ4n) is 1.58. The third-order valence-electron chi connectivity index (χ3n) is 2.39. The van der Waals surface area contributed by atoms with Gasteiger partial charge in [-0.05, 0) is 18.6 Å². The lowest BCUT2D eigenvalue weighted by Crippen LogP contribution is -2.24. The lowest BCUT2D eigenvalue weighted by molar-refractivity contribution is 0.0952. The highest BCUT2D eigenvalue weighted by molar-refractivity contribution is 6.32. The van der Waals surface area contributed by atoms with E-state index in [1.165, 1.54) is 0 Å². The first-order valence-corrected chi connectivity index (χ1v) is 5.97. The molecule has 0 atom stereocenters. The van der Waals surface area contributed by atoms with Gasteiger partial charge >= 0.3 is 0 Å². The number of rotatable bonds is 3. The van der Waals surface area contributed by atoms with E-state index < -0.39 is 0 Å². The van der Waals surface area contributed by atoms with Crippen LogP contribution in [0.2, 0.25) is 5.02 Å². The number of hydrogen-bond donors (Lipinski definition) is 1. The Morgan fingerprint density at radius 1 is 1.41 bits per heavy atom. The molecule has 0 aromatic heterocycles. The van der Waals surface area contributed by atoms with Crippen molar-refractivity contribution in [3.63, 3.8) is 0 Å². The molecule has 0 spiro atoms. The molecule has 1 N–H and O–H groups in total. The van der Waals surface area contributed by atoms with Crippen LogP contribution in [0, 0.1) is 0 Å². The van der Waals surface area contributed by atoms with E-state index in [9.17, 15) is 4.79 Å². The molecule has 5 heteroatoms. The van der Waals surface area contributed by atoms with Crippen molar-refractivity contribution >= 4 is 17.5 Å². The van der Waals surface area contributed by atoms with Gasteiger partial charge in [-0.2, -0.15) is 0 Å². The van der Waals surface area contributed by atoms with Gasteiger partial charge in [-0.1, -0.05) is 18.5 Å². The van der Waals surface area contributed by atoms with Crippen LogP contribution in [-0.4, -0.2) is 25.7 Å². The van der Waals surface area contributed by atoms with Crippen LogP contribution >= 0.6 is 11.6 Å². The minimum atomic E-state index is -0.147. The number of carbonyl (C=O) groups excluding carboxylic acids is 1. The van der Waals surface area contributed by atoms with Gasteiger partial charge in [-0.15, -0.1) is 0 Å². The van der Waals surface area contributed by atoms with Gasteiger partial charge in [0.05, 0.1) is 5.02 Å². The van der Waals surface area contributed by atoms with Crippen LogP contribution in [0.5, 0.6) is 11.5 Å². The number of carbonyl (C=O) groups is 1. The third-order valence-corrected chi connectivity index (χ3v) is 2.68. The van der Waals surface area contributed by atoms with Crippen molar-refractivity contribution in [1.82, 2.24) is 5.32 Å². The first kappa shape index (κ1) is 12.0. The van der Waals surface area contributed by atoms with Crippen molar-refractivity contribution in [3.8, 4) is 11.5 Å². The molecule has 1 amide bonds. The Hall–Kier alpha value is -1.42. The molecule has 1 aromatic carbocycles. The van der Waals surface area contributed by atoms with Crippen LogP contribution in [0.25, 0.3) is 0 Å². The van der Waals surface area contributed by atoms with Gasteiger partial charge in [0.1, 0.15) is 13.2 Å².